The lowest BCUT2D eigenvalue weighted by atomic mass is 9.73. The Balaban J connectivity index is 2.11. The van der Waals surface area contributed by atoms with E-state index >= 15 is 0 Å². The summed E-state index contributed by atoms with van der Waals surface area (Å²) in [6, 6.07) is 24.4. The predicted molar refractivity (Wildman–Crippen MR) is 118 cm³/mol. The van der Waals surface area contributed by atoms with Crippen molar-refractivity contribution in [2.45, 2.75) is 26.2 Å². The first-order chi connectivity index (χ1) is 13.9. The molecule has 0 spiro atoms. The fraction of sp³-hybridized carbons (Fsp3) is 0.192. The van der Waals surface area contributed by atoms with Crippen molar-refractivity contribution in [1.29, 1.82) is 0 Å². The van der Waals surface area contributed by atoms with Crippen molar-refractivity contribution < 1.29 is 14.3 Å². The van der Waals surface area contributed by atoms with Gasteiger partial charge >= 0.3 is 5.97 Å². The van der Waals surface area contributed by atoms with Crippen LogP contribution in [-0.4, -0.2) is 13.1 Å². The van der Waals surface area contributed by atoms with Crippen LogP contribution in [-0.2, 0) is 10.2 Å². The maximum Gasteiger partial charge on any atom is 0.308 e. The minimum Gasteiger partial charge on any atom is -0.496 e. The van der Waals surface area contributed by atoms with E-state index in [1.54, 1.807) is 7.11 Å². The van der Waals surface area contributed by atoms with Crippen LogP contribution >= 0.6 is 0 Å². The van der Waals surface area contributed by atoms with Crippen LogP contribution in [0, 0.1) is 0 Å². The number of carbonyl (C=O) groups excluding carboxylic acids is 1. The molecule has 0 aliphatic rings. The molecule has 4 aromatic carbocycles. The highest BCUT2D eigenvalue weighted by Gasteiger charge is 2.33. The number of esters is 1. The van der Waals surface area contributed by atoms with Gasteiger partial charge in [0.05, 0.1) is 7.11 Å². The van der Waals surface area contributed by atoms with E-state index in [1.807, 2.05) is 42.5 Å². The Labute approximate surface area is 170 Å². The minimum atomic E-state index is -0.488. The number of hydrogen-bond donors (Lipinski definition) is 0. The smallest absolute Gasteiger partial charge is 0.308 e. The Morgan fingerprint density at radius 3 is 1.72 bits per heavy atom. The minimum absolute atomic E-state index is 0.331. The van der Waals surface area contributed by atoms with E-state index in [-0.39, 0.29) is 5.97 Å². The third kappa shape index (κ3) is 3.23. The molecular formula is C26H24O3. The Hall–Kier alpha value is -3.33. The highest BCUT2D eigenvalue weighted by molar-refractivity contribution is 5.94. The molecule has 0 N–H and O–H groups in total. The summed E-state index contributed by atoms with van der Waals surface area (Å²) in [7, 11) is 1.69. The molecule has 0 amide bonds. The average molecular weight is 384 g/mol. The second-order valence-corrected chi connectivity index (χ2v) is 7.74. The number of carbonyl (C=O) groups is 1. The first kappa shape index (κ1) is 19.0. The number of methoxy groups -OCH3 is 1. The summed E-state index contributed by atoms with van der Waals surface area (Å²) in [6.07, 6.45) is 0. The van der Waals surface area contributed by atoms with E-state index in [9.17, 15) is 4.79 Å². The van der Waals surface area contributed by atoms with Gasteiger partial charge in [-0.3, -0.25) is 4.79 Å². The second kappa shape index (κ2) is 7.25. The maximum atomic E-state index is 11.9. The molecule has 4 rings (SSSR count). The summed E-state index contributed by atoms with van der Waals surface area (Å²) in [6.45, 7) is 5.75. The van der Waals surface area contributed by atoms with E-state index in [0.29, 0.717) is 5.75 Å². The quantitative estimate of drug-likeness (QED) is 0.308. The third-order valence-electron chi connectivity index (χ3n) is 5.51. The monoisotopic (exact) mass is 384 g/mol. The Kier molecular flexibility index (Phi) is 4.75. The molecule has 0 aromatic heterocycles. The summed E-state index contributed by atoms with van der Waals surface area (Å²) in [5.74, 6) is 1.06. The van der Waals surface area contributed by atoms with Gasteiger partial charge in [0.1, 0.15) is 11.5 Å². The van der Waals surface area contributed by atoms with Crippen molar-refractivity contribution in [2.24, 2.45) is 0 Å². The van der Waals surface area contributed by atoms with Gasteiger partial charge in [-0.25, -0.2) is 0 Å². The van der Waals surface area contributed by atoms with E-state index in [0.717, 1.165) is 38.4 Å². The zero-order chi connectivity index (χ0) is 20.6. The van der Waals surface area contributed by atoms with Gasteiger partial charge < -0.3 is 9.47 Å². The lowest BCUT2D eigenvalue weighted by molar-refractivity contribution is -0.131. The average Bonchev–Trinajstić information content (AvgIpc) is 2.72. The molecule has 0 saturated carbocycles. The van der Waals surface area contributed by atoms with Gasteiger partial charge in [0.2, 0.25) is 0 Å². The van der Waals surface area contributed by atoms with Crippen LogP contribution in [0.3, 0.4) is 0 Å². The molecule has 3 heteroatoms. The summed E-state index contributed by atoms with van der Waals surface area (Å²) in [5, 5.41) is 4.43. The number of ether oxygens (including phenoxy) is 2. The first-order valence-corrected chi connectivity index (χ1v) is 9.70. The molecule has 0 atom stereocenters. The fourth-order valence-electron chi connectivity index (χ4n) is 4.33. The molecule has 0 bridgehead atoms. The molecule has 0 unspecified atom stereocenters. The number of benzene rings is 4. The third-order valence-corrected chi connectivity index (χ3v) is 5.51. The summed E-state index contributed by atoms with van der Waals surface area (Å²) in [4.78, 5) is 11.9. The van der Waals surface area contributed by atoms with E-state index in [2.05, 4.69) is 44.2 Å². The molecule has 0 saturated heterocycles. The molecule has 0 fully saturated rings. The molecule has 146 valence electrons. The van der Waals surface area contributed by atoms with E-state index < -0.39 is 5.41 Å². The number of rotatable bonds is 4. The van der Waals surface area contributed by atoms with Gasteiger partial charge in [0, 0.05) is 23.5 Å². The Morgan fingerprint density at radius 1 is 0.724 bits per heavy atom. The zero-order valence-electron chi connectivity index (χ0n) is 17.2. The molecule has 3 nitrogen and oxygen atoms in total. The Bertz CT molecular complexity index is 1220. The summed E-state index contributed by atoms with van der Waals surface area (Å²) < 4.78 is 11.5. The van der Waals surface area contributed by atoms with Gasteiger partial charge in [0.15, 0.2) is 0 Å². The summed E-state index contributed by atoms with van der Waals surface area (Å²) in [5.41, 5.74) is 1.56. The SMILES string of the molecule is COc1ccc2ccccc2c1C(C)(C)c1c(OC(C)=O)ccc2ccccc12. The predicted octanol–water partition coefficient (Wildman–Crippen LogP) is 6.25. The molecule has 0 aliphatic heterocycles. The topological polar surface area (TPSA) is 35.5 Å². The lowest BCUT2D eigenvalue weighted by Gasteiger charge is -2.32. The van der Waals surface area contributed by atoms with Gasteiger partial charge in [-0.05, 0) is 33.7 Å². The summed E-state index contributed by atoms with van der Waals surface area (Å²) >= 11 is 0. The lowest BCUT2D eigenvalue weighted by Crippen LogP contribution is -2.23. The van der Waals surface area contributed by atoms with Crippen molar-refractivity contribution >= 4 is 27.5 Å². The fourth-order valence-corrected chi connectivity index (χ4v) is 4.33. The van der Waals surface area contributed by atoms with Crippen LogP contribution in [0.15, 0.2) is 72.8 Å². The van der Waals surface area contributed by atoms with Crippen LogP contribution in [0.1, 0.15) is 31.9 Å². The Morgan fingerprint density at radius 2 is 1.21 bits per heavy atom. The van der Waals surface area contributed by atoms with Gasteiger partial charge in [-0.2, -0.15) is 0 Å². The highest BCUT2D eigenvalue weighted by Crippen LogP contribution is 2.47. The molecule has 4 aromatic rings. The van der Waals surface area contributed by atoms with Crippen molar-refractivity contribution in [3.63, 3.8) is 0 Å². The molecular weight excluding hydrogens is 360 g/mol. The highest BCUT2D eigenvalue weighted by atomic mass is 16.5. The molecule has 29 heavy (non-hydrogen) atoms. The van der Waals surface area contributed by atoms with Crippen molar-refractivity contribution in [3.8, 4) is 11.5 Å². The second-order valence-electron chi connectivity index (χ2n) is 7.74. The van der Waals surface area contributed by atoms with Crippen LogP contribution in [0.25, 0.3) is 21.5 Å². The van der Waals surface area contributed by atoms with Crippen LogP contribution < -0.4 is 9.47 Å². The van der Waals surface area contributed by atoms with Crippen molar-refractivity contribution in [2.75, 3.05) is 7.11 Å². The van der Waals surface area contributed by atoms with Gasteiger partial charge in [-0.15, -0.1) is 0 Å². The van der Waals surface area contributed by atoms with Gasteiger partial charge in [-0.1, -0.05) is 74.5 Å². The zero-order valence-corrected chi connectivity index (χ0v) is 17.2. The molecule has 0 radical (unpaired) electrons. The van der Waals surface area contributed by atoms with E-state index in [1.165, 1.54) is 6.92 Å². The molecule has 0 aliphatic carbocycles. The maximum absolute atomic E-state index is 11.9. The van der Waals surface area contributed by atoms with Crippen molar-refractivity contribution in [3.05, 3.63) is 83.9 Å². The van der Waals surface area contributed by atoms with Crippen LogP contribution in [0.5, 0.6) is 11.5 Å². The first-order valence-electron chi connectivity index (χ1n) is 9.70. The standard InChI is InChI=1S/C26H24O3/c1-17(27)29-23-16-14-19-10-6-8-12-21(19)25(23)26(2,3)24-20-11-7-5-9-18(20)13-15-22(24)28-4/h5-16H,1-4H3. The number of fused-ring (bicyclic) bond motifs is 2. The largest absolute Gasteiger partial charge is 0.496 e. The normalized spacial score (nSPS) is 11.6. The van der Waals surface area contributed by atoms with Crippen molar-refractivity contribution in [1.82, 2.24) is 0 Å². The van der Waals surface area contributed by atoms with Crippen LogP contribution in [0.4, 0.5) is 0 Å². The van der Waals surface area contributed by atoms with E-state index in [4.69, 9.17) is 9.47 Å². The van der Waals surface area contributed by atoms with Crippen LogP contribution in [0.2, 0.25) is 0 Å². The van der Waals surface area contributed by atoms with Gasteiger partial charge in [0.25, 0.3) is 0 Å². The number of hydrogen-bond acceptors (Lipinski definition) is 3. The molecule has 0 heterocycles.